The van der Waals surface area contributed by atoms with Crippen LogP contribution in [0.4, 0.5) is 0 Å². The van der Waals surface area contributed by atoms with Crippen molar-refractivity contribution in [1.29, 1.82) is 0 Å². The fourth-order valence-corrected chi connectivity index (χ4v) is 7.23. The molecule has 0 atom stereocenters. The molecule has 3 aromatic rings. The Morgan fingerprint density at radius 3 is 0.950 bits per heavy atom. The fraction of sp³-hybridized carbons (Fsp3) is 0.364. The molecular formula is C33H39BiO6. The summed E-state index contributed by atoms with van der Waals surface area (Å²) in [6.45, 7) is 6.38. The van der Waals surface area contributed by atoms with Crippen LogP contribution in [0.1, 0.15) is 107 Å². The molecule has 212 valence electrons. The van der Waals surface area contributed by atoms with Crippen molar-refractivity contribution >= 4 is 41.0 Å². The number of hydrogen-bond donors (Lipinski definition) is 0. The Labute approximate surface area is 247 Å². The molecule has 0 aliphatic heterocycles. The van der Waals surface area contributed by atoms with Crippen LogP contribution in [0.2, 0.25) is 0 Å². The van der Waals surface area contributed by atoms with Gasteiger partial charge in [-0.2, -0.15) is 0 Å². The number of unbranched alkanes of at least 4 members (excludes halogenated alkanes) is 3. The summed E-state index contributed by atoms with van der Waals surface area (Å²) in [5.74, 6) is -2.03. The van der Waals surface area contributed by atoms with E-state index >= 15 is 0 Å². The molecule has 0 saturated heterocycles. The summed E-state index contributed by atoms with van der Waals surface area (Å²) in [5.41, 5.74) is 4.32. The Balaban J connectivity index is 1.73. The zero-order valence-electron chi connectivity index (χ0n) is 23.7. The predicted octanol–water partition coefficient (Wildman–Crippen LogP) is 7.57. The minimum absolute atomic E-state index is 0.313. The first-order chi connectivity index (χ1) is 19.4. The van der Waals surface area contributed by atoms with Gasteiger partial charge in [0.2, 0.25) is 0 Å². The normalized spacial score (nSPS) is 10.8. The van der Waals surface area contributed by atoms with E-state index in [1.165, 1.54) is 0 Å². The molecule has 0 bridgehead atoms. The molecule has 0 amide bonds. The molecule has 0 radical (unpaired) electrons. The van der Waals surface area contributed by atoms with E-state index < -0.39 is 41.0 Å². The number of rotatable bonds is 15. The predicted molar refractivity (Wildman–Crippen MR) is 157 cm³/mol. The first-order valence-electron chi connectivity index (χ1n) is 14.2. The third kappa shape index (κ3) is 10.2. The van der Waals surface area contributed by atoms with Crippen molar-refractivity contribution in [3.63, 3.8) is 0 Å². The van der Waals surface area contributed by atoms with Gasteiger partial charge in [-0.05, 0) is 0 Å². The van der Waals surface area contributed by atoms with Gasteiger partial charge in [-0.1, -0.05) is 0 Å². The second-order valence-corrected chi connectivity index (χ2v) is 13.6. The van der Waals surface area contributed by atoms with Crippen LogP contribution in [0.5, 0.6) is 0 Å². The van der Waals surface area contributed by atoms with Gasteiger partial charge in [0.25, 0.3) is 0 Å². The molecule has 0 spiro atoms. The Morgan fingerprint density at radius 1 is 0.475 bits per heavy atom. The van der Waals surface area contributed by atoms with E-state index in [0.717, 1.165) is 74.5 Å². The Hall–Kier alpha value is -3.05. The molecule has 40 heavy (non-hydrogen) atoms. The van der Waals surface area contributed by atoms with Crippen molar-refractivity contribution in [3.05, 3.63) is 106 Å². The van der Waals surface area contributed by atoms with Gasteiger partial charge in [0.05, 0.1) is 0 Å². The summed E-state index contributed by atoms with van der Waals surface area (Å²) in [7, 11) is 0. The van der Waals surface area contributed by atoms with Gasteiger partial charge in [0.1, 0.15) is 0 Å². The van der Waals surface area contributed by atoms with Crippen LogP contribution in [0.15, 0.2) is 72.8 Å². The summed E-state index contributed by atoms with van der Waals surface area (Å²) >= 11 is -4.35. The van der Waals surface area contributed by atoms with Gasteiger partial charge >= 0.3 is 249 Å². The van der Waals surface area contributed by atoms with Gasteiger partial charge in [0, 0.05) is 0 Å². The van der Waals surface area contributed by atoms with Crippen molar-refractivity contribution in [3.8, 4) is 0 Å². The summed E-state index contributed by atoms with van der Waals surface area (Å²) in [6.07, 6.45) is 9.22. The summed E-state index contributed by atoms with van der Waals surface area (Å²) in [6, 6.07) is 21.4. The van der Waals surface area contributed by atoms with E-state index in [-0.39, 0.29) is 0 Å². The van der Waals surface area contributed by atoms with Crippen LogP contribution >= 0.6 is 0 Å². The number of aryl methyl sites for hydroxylation is 3. The van der Waals surface area contributed by atoms with Gasteiger partial charge in [-0.15, -0.1) is 0 Å². The molecule has 0 fully saturated rings. The first-order valence-corrected chi connectivity index (χ1v) is 18.4. The molecule has 6 nitrogen and oxygen atoms in total. The zero-order chi connectivity index (χ0) is 28.7. The third-order valence-electron chi connectivity index (χ3n) is 6.50. The molecule has 0 heterocycles. The van der Waals surface area contributed by atoms with Crippen LogP contribution in [0, 0.1) is 0 Å². The second-order valence-electron chi connectivity index (χ2n) is 9.76. The third-order valence-corrected chi connectivity index (χ3v) is 10.2. The SMILES string of the molecule is CCCCc1ccc(C(=O)[O][Bi]([O]C(=O)c2ccc(CCCC)cc2)[O]C(=O)c2ccc(CCCC)cc2)cc1. The van der Waals surface area contributed by atoms with Crippen LogP contribution in [-0.4, -0.2) is 41.0 Å². The van der Waals surface area contributed by atoms with Gasteiger partial charge in [-0.25, -0.2) is 0 Å². The molecule has 7 heteroatoms. The Kier molecular flexibility index (Phi) is 13.3. The topological polar surface area (TPSA) is 78.9 Å². The molecular weight excluding hydrogens is 701 g/mol. The van der Waals surface area contributed by atoms with E-state index in [4.69, 9.17) is 8.44 Å². The molecule has 0 saturated carbocycles. The van der Waals surface area contributed by atoms with Crippen molar-refractivity contribution < 1.29 is 22.8 Å². The monoisotopic (exact) mass is 740 g/mol. The summed E-state index contributed by atoms with van der Waals surface area (Å²) in [5, 5.41) is 0. The average Bonchev–Trinajstić information content (AvgIpc) is 2.98. The number of carbonyl (C=O) groups excluding carboxylic acids is 3. The fourth-order valence-electron chi connectivity index (χ4n) is 3.98. The van der Waals surface area contributed by atoms with Crippen LogP contribution in [0.25, 0.3) is 0 Å². The molecule has 0 aliphatic carbocycles. The van der Waals surface area contributed by atoms with Crippen LogP contribution < -0.4 is 0 Å². The van der Waals surface area contributed by atoms with Gasteiger partial charge < -0.3 is 0 Å². The molecule has 3 aromatic carbocycles. The van der Waals surface area contributed by atoms with E-state index in [1.807, 2.05) is 36.4 Å². The van der Waals surface area contributed by atoms with Crippen LogP contribution in [0.3, 0.4) is 0 Å². The van der Waals surface area contributed by atoms with E-state index in [0.29, 0.717) is 16.7 Å². The Bertz CT molecular complexity index is 1060. The maximum absolute atomic E-state index is 13.0. The van der Waals surface area contributed by atoms with E-state index in [9.17, 15) is 14.4 Å². The number of hydrogen-bond acceptors (Lipinski definition) is 6. The number of benzene rings is 3. The second kappa shape index (κ2) is 16.9. The molecule has 0 aromatic heterocycles. The van der Waals surface area contributed by atoms with Crippen molar-refractivity contribution in [1.82, 2.24) is 0 Å². The van der Waals surface area contributed by atoms with Gasteiger partial charge in [0.15, 0.2) is 0 Å². The van der Waals surface area contributed by atoms with Crippen molar-refractivity contribution in [2.24, 2.45) is 0 Å². The van der Waals surface area contributed by atoms with Crippen LogP contribution in [-0.2, 0) is 27.7 Å². The van der Waals surface area contributed by atoms with E-state index in [2.05, 4.69) is 20.8 Å². The quantitative estimate of drug-likeness (QED) is 0.150. The summed E-state index contributed by atoms with van der Waals surface area (Å²) in [4.78, 5) is 38.9. The van der Waals surface area contributed by atoms with E-state index in [1.54, 1.807) is 36.4 Å². The minimum atomic E-state index is -4.35. The molecule has 0 N–H and O–H groups in total. The maximum atomic E-state index is 13.0. The standard InChI is InChI=1S/3C11H14O2.Bi/c3*1-2-3-4-9-5-7-10(8-6-9)11(12)13;/h3*5-8H,2-4H2,1H3,(H,12,13);/q;;;+3/p-3. The Morgan fingerprint density at radius 2 is 0.725 bits per heavy atom. The first kappa shape index (κ1) is 31.5. The molecule has 0 unspecified atom stereocenters. The van der Waals surface area contributed by atoms with Crippen molar-refractivity contribution in [2.45, 2.75) is 78.6 Å². The molecule has 3 rings (SSSR count). The zero-order valence-corrected chi connectivity index (χ0v) is 27.2. The van der Waals surface area contributed by atoms with Crippen molar-refractivity contribution in [2.75, 3.05) is 0 Å². The number of carbonyl (C=O) groups is 3. The van der Waals surface area contributed by atoms with Gasteiger partial charge in [-0.3, -0.25) is 0 Å². The molecule has 0 aliphatic rings. The average molecular weight is 741 g/mol. The summed E-state index contributed by atoms with van der Waals surface area (Å²) < 4.78 is 16.7.